The van der Waals surface area contributed by atoms with E-state index in [0.29, 0.717) is 24.2 Å². The monoisotopic (exact) mass is 373 g/mol. The van der Waals surface area contributed by atoms with Crippen molar-refractivity contribution in [2.75, 3.05) is 13.2 Å². The maximum Gasteiger partial charge on any atom is 0.306 e. The standard InChI is InChI=1S/C19H20FN3O4/c1-2-27-17(25)8-7-16(24)23-10-9-15-13(11-23)19(26)22-18(21-15)12-5-3-4-6-14(12)20/h3-6H,2,7-11H2,1H3,(H,21,22,26). The number of H-pyrrole nitrogens is 1. The summed E-state index contributed by atoms with van der Waals surface area (Å²) in [6.45, 7) is 2.49. The third-order valence-corrected chi connectivity index (χ3v) is 4.40. The van der Waals surface area contributed by atoms with Gasteiger partial charge in [0, 0.05) is 19.4 Å². The second kappa shape index (κ2) is 8.11. The molecule has 1 aliphatic rings. The zero-order valence-electron chi connectivity index (χ0n) is 15.0. The normalized spacial score (nSPS) is 13.2. The van der Waals surface area contributed by atoms with Gasteiger partial charge in [-0.25, -0.2) is 9.37 Å². The van der Waals surface area contributed by atoms with Crippen LogP contribution in [0.5, 0.6) is 0 Å². The minimum absolute atomic E-state index is 0.0108. The van der Waals surface area contributed by atoms with E-state index in [-0.39, 0.29) is 48.8 Å². The summed E-state index contributed by atoms with van der Waals surface area (Å²) in [5.41, 5.74) is 0.795. The van der Waals surface area contributed by atoms with Gasteiger partial charge in [-0.2, -0.15) is 0 Å². The van der Waals surface area contributed by atoms with Crippen molar-refractivity contribution in [2.45, 2.75) is 32.7 Å². The second-order valence-corrected chi connectivity index (χ2v) is 6.19. The van der Waals surface area contributed by atoms with Gasteiger partial charge in [0.15, 0.2) is 0 Å². The van der Waals surface area contributed by atoms with E-state index in [2.05, 4.69) is 9.97 Å². The number of esters is 1. The minimum Gasteiger partial charge on any atom is -0.466 e. The summed E-state index contributed by atoms with van der Waals surface area (Å²) in [5, 5.41) is 0. The van der Waals surface area contributed by atoms with E-state index in [1.54, 1.807) is 25.1 Å². The number of halogens is 1. The van der Waals surface area contributed by atoms with E-state index >= 15 is 0 Å². The Morgan fingerprint density at radius 2 is 2.07 bits per heavy atom. The first kappa shape index (κ1) is 18.8. The van der Waals surface area contributed by atoms with Crippen molar-refractivity contribution in [3.63, 3.8) is 0 Å². The molecule has 2 aromatic rings. The number of aromatic nitrogens is 2. The second-order valence-electron chi connectivity index (χ2n) is 6.19. The highest BCUT2D eigenvalue weighted by Crippen LogP contribution is 2.21. The van der Waals surface area contributed by atoms with Crippen molar-refractivity contribution >= 4 is 11.9 Å². The highest BCUT2D eigenvalue weighted by molar-refractivity contribution is 5.81. The first-order valence-electron chi connectivity index (χ1n) is 8.80. The van der Waals surface area contributed by atoms with Crippen molar-refractivity contribution in [1.29, 1.82) is 0 Å². The molecule has 0 fully saturated rings. The molecule has 0 radical (unpaired) electrons. The molecule has 0 unspecified atom stereocenters. The van der Waals surface area contributed by atoms with E-state index in [9.17, 15) is 18.8 Å². The van der Waals surface area contributed by atoms with Crippen molar-refractivity contribution in [3.05, 3.63) is 51.7 Å². The summed E-state index contributed by atoms with van der Waals surface area (Å²) in [5.74, 6) is -0.922. The average molecular weight is 373 g/mol. The Labute approximate surface area is 155 Å². The van der Waals surface area contributed by atoms with Crippen LogP contribution in [-0.4, -0.2) is 39.9 Å². The molecular formula is C19H20FN3O4. The van der Waals surface area contributed by atoms with Crippen molar-refractivity contribution in [2.24, 2.45) is 0 Å². The number of fused-ring (bicyclic) bond motifs is 1. The number of nitrogens with one attached hydrogen (secondary N) is 1. The topological polar surface area (TPSA) is 92.4 Å². The van der Waals surface area contributed by atoms with E-state index in [4.69, 9.17) is 4.74 Å². The fraction of sp³-hybridized carbons (Fsp3) is 0.368. The number of ether oxygens (including phenoxy) is 1. The molecule has 7 nitrogen and oxygen atoms in total. The number of carbonyl (C=O) groups excluding carboxylic acids is 2. The predicted molar refractivity (Wildman–Crippen MR) is 95.2 cm³/mol. The first-order valence-corrected chi connectivity index (χ1v) is 8.80. The van der Waals surface area contributed by atoms with Crippen molar-refractivity contribution in [1.82, 2.24) is 14.9 Å². The van der Waals surface area contributed by atoms with Crippen LogP contribution in [0.1, 0.15) is 31.0 Å². The summed E-state index contributed by atoms with van der Waals surface area (Å²) in [4.78, 5) is 44.7. The molecule has 1 aliphatic heterocycles. The van der Waals surface area contributed by atoms with Gasteiger partial charge >= 0.3 is 5.97 Å². The fourth-order valence-electron chi connectivity index (χ4n) is 3.02. The lowest BCUT2D eigenvalue weighted by Gasteiger charge is -2.28. The van der Waals surface area contributed by atoms with Gasteiger partial charge in [-0.05, 0) is 19.1 Å². The number of rotatable bonds is 5. The van der Waals surface area contributed by atoms with Crippen molar-refractivity contribution in [3.8, 4) is 11.4 Å². The molecule has 0 atom stereocenters. The van der Waals surface area contributed by atoms with Gasteiger partial charge in [0.05, 0.1) is 36.4 Å². The molecule has 3 rings (SSSR count). The number of benzene rings is 1. The lowest BCUT2D eigenvalue weighted by Crippen LogP contribution is -2.39. The zero-order valence-corrected chi connectivity index (χ0v) is 15.0. The van der Waals surface area contributed by atoms with Gasteiger partial charge in [0.1, 0.15) is 11.6 Å². The number of aromatic amines is 1. The maximum atomic E-state index is 14.0. The van der Waals surface area contributed by atoms with Crippen LogP contribution >= 0.6 is 0 Å². The summed E-state index contributed by atoms with van der Waals surface area (Å²) in [7, 11) is 0. The highest BCUT2D eigenvalue weighted by Gasteiger charge is 2.25. The van der Waals surface area contributed by atoms with Crippen LogP contribution in [0.3, 0.4) is 0 Å². The zero-order chi connectivity index (χ0) is 19.4. The van der Waals surface area contributed by atoms with Crippen LogP contribution < -0.4 is 5.56 Å². The summed E-state index contributed by atoms with van der Waals surface area (Å²) < 4.78 is 18.8. The average Bonchev–Trinajstić information content (AvgIpc) is 2.66. The van der Waals surface area contributed by atoms with Crippen LogP contribution in [0.4, 0.5) is 4.39 Å². The molecule has 1 aromatic heterocycles. The number of hydrogen-bond acceptors (Lipinski definition) is 5. The molecule has 0 saturated heterocycles. The lowest BCUT2D eigenvalue weighted by atomic mass is 10.1. The van der Waals surface area contributed by atoms with Crippen LogP contribution in [0.2, 0.25) is 0 Å². The molecule has 0 spiro atoms. The molecule has 0 aliphatic carbocycles. The van der Waals surface area contributed by atoms with Gasteiger partial charge in [-0.3, -0.25) is 14.4 Å². The van der Waals surface area contributed by atoms with E-state index in [0.717, 1.165) is 0 Å². The lowest BCUT2D eigenvalue weighted by molar-refractivity contribution is -0.145. The number of carbonyl (C=O) groups is 2. The molecule has 27 heavy (non-hydrogen) atoms. The van der Waals surface area contributed by atoms with Crippen LogP contribution in [0.15, 0.2) is 29.1 Å². The third kappa shape index (κ3) is 4.21. The van der Waals surface area contributed by atoms with E-state index in [1.807, 2.05) is 0 Å². The molecule has 8 heteroatoms. The molecule has 0 saturated carbocycles. The van der Waals surface area contributed by atoms with Crippen LogP contribution in [0, 0.1) is 5.82 Å². The Balaban J connectivity index is 1.75. The Morgan fingerprint density at radius 3 is 2.81 bits per heavy atom. The number of amides is 1. The Kier molecular flexibility index (Phi) is 5.63. The van der Waals surface area contributed by atoms with Gasteiger partial charge < -0.3 is 14.6 Å². The first-order chi connectivity index (χ1) is 13.0. The summed E-state index contributed by atoms with van der Waals surface area (Å²) >= 11 is 0. The molecule has 2 heterocycles. The highest BCUT2D eigenvalue weighted by atomic mass is 19.1. The van der Waals surface area contributed by atoms with Gasteiger partial charge in [0.25, 0.3) is 5.56 Å². The van der Waals surface area contributed by atoms with Gasteiger partial charge in [-0.1, -0.05) is 12.1 Å². The Bertz CT molecular complexity index is 925. The SMILES string of the molecule is CCOC(=O)CCC(=O)N1CCc2nc(-c3ccccc3F)[nH]c(=O)c2C1. The third-order valence-electron chi connectivity index (χ3n) is 4.40. The van der Waals surface area contributed by atoms with Gasteiger partial charge in [0.2, 0.25) is 5.91 Å². The number of nitrogens with zero attached hydrogens (tertiary/aromatic N) is 2. The Hall–Kier alpha value is -3.03. The Morgan fingerprint density at radius 1 is 1.30 bits per heavy atom. The quantitative estimate of drug-likeness (QED) is 0.807. The summed E-state index contributed by atoms with van der Waals surface area (Å²) in [6.07, 6.45) is 0.440. The molecule has 1 amide bonds. The minimum atomic E-state index is -0.466. The molecule has 1 aromatic carbocycles. The molecule has 142 valence electrons. The fourth-order valence-corrected chi connectivity index (χ4v) is 3.02. The van der Waals surface area contributed by atoms with E-state index < -0.39 is 11.8 Å². The summed E-state index contributed by atoms with van der Waals surface area (Å²) in [6, 6.07) is 6.09. The predicted octanol–water partition coefficient (Wildman–Crippen LogP) is 1.80. The van der Waals surface area contributed by atoms with Crippen LogP contribution in [-0.2, 0) is 27.3 Å². The molecule has 1 N–H and O–H groups in total. The van der Waals surface area contributed by atoms with Gasteiger partial charge in [-0.15, -0.1) is 0 Å². The maximum absolute atomic E-state index is 14.0. The van der Waals surface area contributed by atoms with E-state index in [1.165, 1.54) is 11.0 Å². The van der Waals surface area contributed by atoms with Crippen molar-refractivity contribution < 1.29 is 18.7 Å². The largest absolute Gasteiger partial charge is 0.466 e. The molecule has 0 bridgehead atoms. The molecular weight excluding hydrogens is 353 g/mol. The van der Waals surface area contributed by atoms with Crippen LogP contribution in [0.25, 0.3) is 11.4 Å². The number of hydrogen-bond donors (Lipinski definition) is 1. The smallest absolute Gasteiger partial charge is 0.306 e.